The number of hydrogen-bond donors (Lipinski definition) is 3. The van der Waals surface area contributed by atoms with Crippen molar-refractivity contribution in [2.24, 2.45) is 0 Å². The summed E-state index contributed by atoms with van der Waals surface area (Å²) in [6.07, 6.45) is 0. The van der Waals surface area contributed by atoms with Gasteiger partial charge in [-0.15, -0.1) is 0 Å². The molecule has 172 valence electrons. The van der Waals surface area contributed by atoms with Gasteiger partial charge in [0.2, 0.25) is 11.8 Å². The first-order valence-corrected chi connectivity index (χ1v) is 10.8. The minimum atomic E-state index is -1.44. The first kappa shape index (κ1) is 22.7. The van der Waals surface area contributed by atoms with E-state index in [1.807, 2.05) is 12.1 Å². The number of carbonyl (C=O) groups excluding carboxylic acids is 4. The Balaban J connectivity index is 1.61. The zero-order valence-corrected chi connectivity index (χ0v) is 18.7. The van der Waals surface area contributed by atoms with Crippen LogP contribution < -0.4 is 16.0 Å². The fourth-order valence-electron chi connectivity index (χ4n) is 4.04. The van der Waals surface area contributed by atoms with Gasteiger partial charge in [-0.3, -0.25) is 14.4 Å². The topological polar surface area (TPSA) is 108 Å². The normalized spacial score (nSPS) is 15.4. The van der Waals surface area contributed by atoms with E-state index in [4.69, 9.17) is 0 Å². The van der Waals surface area contributed by atoms with Gasteiger partial charge < -0.3 is 16.0 Å². The monoisotopic (exact) mass is 456 g/mol. The van der Waals surface area contributed by atoms with Crippen molar-refractivity contribution in [3.63, 3.8) is 0 Å². The van der Waals surface area contributed by atoms with Crippen LogP contribution in [0, 0.1) is 0 Å². The SMILES string of the molecule is CC(=O)Nc1ccc(NC(=O)C(C)N2C(=O)NC(c3ccccc3)(c3ccccc3)C2=O)cc1. The number of benzene rings is 3. The average Bonchev–Trinajstić information content (AvgIpc) is 3.11. The van der Waals surface area contributed by atoms with Crippen LogP contribution in [0.3, 0.4) is 0 Å². The van der Waals surface area contributed by atoms with Crippen molar-refractivity contribution in [2.75, 3.05) is 10.6 Å². The minimum Gasteiger partial charge on any atom is -0.326 e. The highest BCUT2D eigenvalue weighted by Gasteiger charge is 2.55. The summed E-state index contributed by atoms with van der Waals surface area (Å²) in [6, 6.07) is 22.7. The highest BCUT2D eigenvalue weighted by atomic mass is 16.2. The lowest BCUT2D eigenvalue weighted by Gasteiger charge is -2.29. The summed E-state index contributed by atoms with van der Waals surface area (Å²) in [4.78, 5) is 52.0. The van der Waals surface area contributed by atoms with Gasteiger partial charge in [0.1, 0.15) is 6.04 Å². The highest BCUT2D eigenvalue weighted by Crippen LogP contribution is 2.36. The van der Waals surface area contributed by atoms with Crippen molar-refractivity contribution in [1.29, 1.82) is 0 Å². The van der Waals surface area contributed by atoms with Gasteiger partial charge in [0.25, 0.3) is 5.91 Å². The summed E-state index contributed by atoms with van der Waals surface area (Å²) in [5, 5.41) is 8.21. The molecular weight excluding hydrogens is 432 g/mol. The van der Waals surface area contributed by atoms with E-state index in [9.17, 15) is 19.2 Å². The van der Waals surface area contributed by atoms with Crippen molar-refractivity contribution in [3.05, 3.63) is 96.1 Å². The summed E-state index contributed by atoms with van der Waals surface area (Å²) in [7, 11) is 0. The van der Waals surface area contributed by atoms with Crippen molar-refractivity contribution in [3.8, 4) is 0 Å². The molecule has 1 fully saturated rings. The van der Waals surface area contributed by atoms with E-state index < -0.39 is 29.4 Å². The molecule has 8 nitrogen and oxygen atoms in total. The first-order chi connectivity index (χ1) is 16.3. The van der Waals surface area contributed by atoms with Crippen LogP contribution in [-0.4, -0.2) is 34.7 Å². The number of anilines is 2. The molecule has 3 aromatic rings. The lowest BCUT2D eigenvalue weighted by atomic mass is 9.82. The lowest BCUT2D eigenvalue weighted by molar-refractivity contribution is -0.135. The van der Waals surface area contributed by atoms with Crippen LogP contribution in [0.25, 0.3) is 0 Å². The van der Waals surface area contributed by atoms with Crippen molar-refractivity contribution >= 4 is 35.1 Å². The zero-order valence-electron chi connectivity index (χ0n) is 18.7. The van der Waals surface area contributed by atoms with E-state index in [-0.39, 0.29) is 5.91 Å². The summed E-state index contributed by atoms with van der Waals surface area (Å²) >= 11 is 0. The predicted octanol–water partition coefficient (Wildman–Crippen LogP) is 3.47. The van der Waals surface area contributed by atoms with Gasteiger partial charge in [-0.1, -0.05) is 60.7 Å². The number of nitrogens with one attached hydrogen (secondary N) is 3. The van der Waals surface area contributed by atoms with Crippen LogP contribution in [0.4, 0.5) is 16.2 Å². The molecule has 1 atom stereocenters. The molecule has 4 rings (SSSR count). The van der Waals surface area contributed by atoms with Gasteiger partial charge >= 0.3 is 6.03 Å². The van der Waals surface area contributed by atoms with Crippen LogP contribution in [0.15, 0.2) is 84.9 Å². The molecule has 3 aromatic carbocycles. The molecule has 0 aliphatic carbocycles. The van der Waals surface area contributed by atoms with Gasteiger partial charge in [0.05, 0.1) is 0 Å². The fourth-order valence-corrected chi connectivity index (χ4v) is 4.04. The lowest BCUT2D eigenvalue weighted by Crippen LogP contribution is -2.48. The Hall–Kier alpha value is -4.46. The second-order valence-electron chi connectivity index (χ2n) is 8.01. The van der Waals surface area contributed by atoms with Crippen LogP contribution in [0.1, 0.15) is 25.0 Å². The molecular formula is C26H24N4O4. The quantitative estimate of drug-likeness (QED) is 0.494. The van der Waals surface area contributed by atoms with Gasteiger partial charge in [-0.05, 0) is 42.3 Å². The van der Waals surface area contributed by atoms with Crippen molar-refractivity contribution < 1.29 is 19.2 Å². The number of amides is 5. The van der Waals surface area contributed by atoms with Gasteiger partial charge in [0, 0.05) is 18.3 Å². The maximum atomic E-state index is 13.8. The molecule has 1 heterocycles. The number of hydrogen-bond acceptors (Lipinski definition) is 4. The Morgan fingerprint density at radius 3 is 1.74 bits per heavy atom. The molecule has 5 amide bonds. The van der Waals surface area contributed by atoms with E-state index in [0.29, 0.717) is 22.5 Å². The number of nitrogens with zero attached hydrogens (tertiary/aromatic N) is 1. The van der Waals surface area contributed by atoms with Crippen molar-refractivity contribution in [1.82, 2.24) is 10.2 Å². The maximum Gasteiger partial charge on any atom is 0.326 e. The number of rotatable bonds is 6. The molecule has 8 heteroatoms. The molecule has 1 saturated heterocycles. The third-order valence-electron chi connectivity index (χ3n) is 5.71. The third-order valence-corrected chi connectivity index (χ3v) is 5.71. The van der Waals surface area contributed by atoms with Crippen molar-refractivity contribution in [2.45, 2.75) is 25.4 Å². The maximum absolute atomic E-state index is 13.8. The third kappa shape index (κ3) is 4.13. The Labute approximate surface area is 197 Å². The summed E-state index contributed by atoms with van der Waals surface area (Å²) < 4.78 is 0. The smallest absolute Gasteiger partial charge is 0.326 e. The molecule has 34 heavy (non-hydrogen) atoms. The molecule has 1 unspecified atom stereocenters. The van der Waals surface area contributed by atoms with E-state index in [1.54, 1.807) is 72.8 Å². The molecule has 0 saturated carbocycles. The second-order valence-corrected chi connectivity index (χ2v) is 8.01. The standard InChI is InChI=1S/C26H24N4O4/c1-17(23(32)28-22-15-13-21(14-16-22)27-18(2)31)30-24(33)26(29-25(30)34,19-9-5-3-6-10-19)20-11-7-4-8-12-20/h3-17H,1-2H3,(H,27,31)(H,28,32)(H,29,34). The number of carbonyl (C=O) groups is 4. The number of urea groups is 1. The Morgan fingerprint density at radius 1 is 0.794 bits per heavy atom. The average molecular weight is 457 g/mol. The van der Waals surface area contributed by atoms with Crippen LogP contribution in [0.2, 0.25) is 0 Å². The van der Waals surface area contributed by atoms with Gasteiger partial charge in [0.15, 0.2) is 5.54 Å². The van der Waals surface area contributed by atoms with E-state index >= 15 is 0 Å². The Bertz CT molecular complexity index is 1190. The summed E-state index contributed by atoms with van der Waals surface area (Å²) in [5.74, 6) is -1.25. The molecule has 0 radical (unpaired) electrons. The van der Waals surface area contributed by atoms with Crippen LogP contribution in [0.5, 0.6) is 0 Å². The van der Waals surface area contributed by atoms with E-state index in [1.165, 1.54) is 13.8 Å². The van der Waals surface area contributed by atoms with Gasteiger partial charge in [-0.25, -0.2) is 9.69 Å². The summed E-state index contributed by atoms with van der Waals surface area (Å²) in [6.45, 7) is 2.91. The summed E-state index contributed by atoms with van der Waals surface area (Å²) in [5.41, 5.74) is 0.818. The second kappa shape index (κ2) is 9.19. The largest absolute Gasteiger partial charge is 0.326 e. The van der Waals surface area contributed by atoms with E-state index in [2.05, 4.69) is 16.0 Å². The first-order valence-electron chi connectivity index (χ1n) is 10.8. The Morgan fingerprint density at radius 2 is 1.26 bits per heavy atom. The molecule has 1 aliphatic heterocycles. The molecule has 1 aliphatic rings. The molecule has 0 bridgehead atoms. The molecule has 0 spiro atoms. The molecule has 0 aromatic heterocycles. The predicted molar refractivity (Wildman–Crippen MR) is 128 cm³/mol. The van der Waals surface area contributed by atoms with Gasteiger partial charge in [-0.2, -0.15) is 0 Å². The fraction of sp³-hybridized carbons (Fsp3) is 0.154. The highest BCUT2D eigenvalue weighted by molar-refractivity contribution is 6.13. The zero-order chi connectivity index (χ0) is 24.3. The van der Waals surface area contributed by atoms with E-state index in [0.717, 1.165) is 4.90 Å². The minimum absolute atomic E-state index is 0.204. The van der Waals surface area contributed by atoms with Crippen LogP contribution in [-0.2, 0) is 19.9 Å². The Kier molecular flexibility index (Phi) is 6.14. The molecule has 3 N–H and O–H groups in total. The van der Waals surface area contributed by atoms with Crippen LogP contribution >= 0.6 is 0 Å². The number of imide groups is 1.